The summed E-state index contributed by atoms with van der Waals surface area (Å²) >= 11 is 0. The van der Waals surface area contributed by atoms with Crippen LogP contribution in [0.25, 0.3) is 0 Å². The van der Waals surface area contributed by atoms with Crippen molar-refractivity contribution in [2.45, 2.75) is 82.3 Å². The van der Waals surface area contributed by atoms with Crippen molar-refractivity contribution in [3.8, 4) is 0 Å². The Balaban J connectivity index is 1.17. The maximum atomic E-state index is 14.9. The van der Waals surface area contributed by atoms with Crippen LogP contribution in [0.15, 0.2) is 79.0 Å². The number of β-lactam (4-membered cyclic amide) rings is 1. The molecule has 16 heteroatoms. The molecule has 2 unspecified atom stereocenters. The van der Waals surface area contributed by atoms with Gasteiger partial charge in [-0.3, -0.25) is 34.1 Å². The third-order valence-corrected chi connectivity index (χ3v) is 13.4. The van der Waals surface area contributed by atoms with Crippen LogP contribution < -0.4 is 9.80 Å². The molecule has 2 saturated heterocycles. The van der Waals surface area contributed by atoms with Crippen molar-refractivity contribution in [2.24, 2.45) is 5.92 Å². The highest BCUT2D eigenvalue weighted by atomic mass is 28.4. The molecule has 0 saturated carbocycles. The number of nitro groups is 1. The molecule has 15 nitrogen and oxygen atoms in total. The van der Waals surface area contributed by atoms with Gasteiger partial charge in [-0.2, -0.15) is 0 Å². The van der Waals surface area contributed by atoms with Crippen LogP contribution in [0.2, 0.25) is 18.6 Å². The number of hydrogen-bond donors (Lipinski definition) is 2. The Kier molecular flexibility index (Phi) is 9.72. The Hall–Kier alpha value is -5.29. The summed E-state index contributed by atoms with van der Waals surface area (Å²) in [5.74, 6) is -1.96. The molecule has 0 radical (unpaired) electrons. The minimum Gasteiger partial charge on any atom is -0.441 e. The van der Waals surface area contributed by atoms with E-state index in [1.807, 2.05) is 50.3 Å². The van der Waals surface area contributed by atoms with Crippen molar-refractivity contribution < 1.29 is 38.7 Å². The first-order chi connectivity index (χ1) is 25.7. The van der Waals surface area contributed by atoms with E-state index in [4.69, 9.17) is 9.47 Å². The van der Waals surface area contributed by atoms with Gasteiger partial charge in [0.2, 0.25) is 5.91 Å². The van der Waals surface area contributed by atoms with E-state index in [-0.39, 0.29) is 43.0 Å². The monoisotopic (exact) mass is 754 g/mol. The SMILES string of the molecule is CC(=O)OC1CC(=O)N1c1ccc(CN2C(=O)[C@]3(O[C@H](CCn4cc(C(CO)c5ccccc5)nn4)[C@@H]([Si](C)(C)O)[C@@H]3C)c3cc([N+](=O)[O-])ccc32)cc1. The van der Waals surface area contributed by atoms with Gasteiger partial charge >= 0.3 is 5.97 Å². The standard InChI is InChI=1S/C38H42N6O9Si/c1-23-36(54(3,4)51)33(16-17-41-21-31(39-40-41)29(22-45)26-8-6-5-7-9-26)53-38(23)30-18-28(44(49)50)14-15-32(30)42(37(38)48)20-25-10-12-27(13-11-25)43-34(47)19-35(43)52-24(2)46/h5-15,18,21,23,29,33,35-36,45,51H,16-17,19-20,22H2,1-4H3/t23-,29?,33+,35?,36-,38+/m0/s1. The first-order valence-electron chi connectivity index (χ1n) is 17.9. The van der Waals surface area contributed by atoms with Gasteiger partial charge in [-0.1, -0.05) is 54.6 Å². The quantitative estimate of drug-likeness (QED) is 0.0687. The molecule has 2 fully saturated rings. The third-order valence-electron chi connectivity index (χ3n) is 10.9. The number of non-ortho nitro benzene ring substituents is 1. The Morgan fingerprint density at radius 3 is 2.48 bits per heavy atom. The molecule has 7 rings (SSSR count). The van der Waals surface area contributed by atoms with Gasteiger partial charge in [-0.25, -0.2) is 0 Å². The lowest BCUT2D eigenvalue weighted by Crippen LogP contribution is -2.54. The number of esters is 1. The fraction of sp³-hybridized carbons (Fsp3) is 0.395. The van der Waals surface area contributed by atoms with Crippen LogP contribution in [0.3, 0.4) is 0 Å². The van der Waals surface area contributed by atoms with Crippen LogP contribution in [0.1, 0.15) is 55.0 Å². The topological polar surface area (TPSA) is 190 Å². The van der Waals surface area contributed by atoms with Crippen LogP contribution in [0, 0.1) is 16.0 Å². The zero-order valence-electron chi connectivity index (χ0n) is 30.4. The summed E-state index contributed by atoms with van der Waals surface area (Å²) in [4.78, 5) is 64.9. The van der Waals surface area contributed by atoms with E-state index in [1.165, 1.54) is 24.0 Å². The molecule has 2 amide bonds. The lowest BCUT2D eigenvalue weighted by atomic mass is 9.82. The normalized spacial score (nSPS) is 24.1. The summed E-state index contributed by atoms with van der Waals surface area (Å²) in [5.41, 5.74) is 1.41. The molecule has 0 aliphatic carbocycles. The number of fused-ring (bicyclic) bond motifs is 2. The predicted octanol–water partition coefficient (Wildman–Crippen LogP) is 4.37. The average molecular weight is 755 g/mol. The molecule has 2 N–H and O–H groups in total. The zero-order valence-corrected chi connectivity index (χ0v) is 31.4. The third kappa shape index (κ3) is 6.48. The van der Waals surface area contributed by atoms with Crippen LogP contribution in [-0.2, 0) is 42.5 Å². The average Bonchev–Trinajstić information content (AvgIpc) is 3.78. The number of anilines is 2. The summed E-state index contributed by atoms with van der Waals surface area (Å²) in [6.45, 7) is 7.08. The van der Waals surface area contributed by atoms with Gasteiger partial charge in [-0.15, -0.1) is 5.10 Å². The number of aliphatic hydroxyl groups is 1. The number of aromatic nitrogens is 3. The molecular formula is C38H42N6O9Si. The molecule has 282 valence electrons. The highest BCUT2D eigenvalue weighted by Gasteiger charge is 2.66. The number of nitrogens with zero attached hydrogens (tertiary/aromatic N) is 6. The largest absolute Gasteiger partial charge is 0.441 e. The van der Waals surface area contributed by atoms with Crippen molar-refractivity contribution in [3.63, 3.8) is 0 Å². The number of aryl methyl sites for hydroxylation is 1. The van der Waals surface area contributed by atoms with Gasteiger partial charge < -0.3 is 24.3 Å². The van der Waals surface area contributed by atoms with Crippen molar-refractivity contribution in [3.05, 3.63) is 111 Å². The second kappa shape index (κ2) is 14.2. The lowest BCUT2D eigenvalue weighted by Gasteiger charge is -2.39. The molecule has 4 aromatic rings. The first-order valence-corrected chi connectivity index (χ1v) is 20.9. The van der Waals surface area contributed by atoms with Crippen LogP contribution >= 0.6 is 0 Å². The van der Waals surface area contributed by atoms with Gasteiger partial charge in [0.05, 0.1) is 47.9 Å². The van der Waals surface area contributed by atoms with Crippen molar-refractivity contribution in [1.29, 1.82) is 0 Å². The molecule has 4 heterocycles. The molecule has 54 heavy (non-hydrogen) atoms. The number of ether oxygens (including phenoxy) is 2. The van der Waals surface area contributed by atoms with Gasteiger partial charge in [0.1, 0.15) is 0 Å². The predicted molar refractivity (Wildman–Crippen MR) is 198 cm³/mol. The van der Waals surface area contributed by atoms with E-state index < -0.39 is 48.6 Å². The number of aliphatic hydroxyl groups excluding tert-OH is 1. The molecule has 3 aromatic carbocycles. The highest BCUT2D eigenvalue weighted by molar-refractivity contribution is 6.71. The smallest absolute Gasteiger partial charge is 0.304 e. The number of carbonyl (C=O) groups excluding carboxylic acids is 3. The fourth-order valence-electron chi connectivity index (χ4n) is 8.43. The first kappa shape index (κ1) is 37.0. The van der Waals surface area contributed by atoms with Gasteiger partial charge in [-0.05, 0) is 48.8 Å². The number of nitro benzene ring substituents is 1. The Morgan fingerprint density at radius 2 is 1.85 bits per heavy atom. The highest BCUT2D eigenvalue weighted by Crippen LogP contribution is 2.60. The van der Waals surface area contributed by atoms with Crippen LogP contribution in [0.4, 0.5) is 17.1 Å². The summed E-state index contributed by atoms with van der Waals surface area (Å²) in [6, 6.07) is 20.8. The second-order valence-electron chi connectivity index (χ2n) is 14.7. The van der Waals surface area contributed by atoms with Crippen LogP contribution in [-0.4, -0.2) is 74.9 Å². The number of rotatable bonds is 12. The molecule has 0 bridgehead atoms. The molecule has 1 spiro atoms. The molecular weight excluding hydrogens is 713 g/mol. The van der Waals surface area contributed by atoms with Gasteiger partial charge in [0, 0.05) is 54.5 Å². The zero-order chi connectivity index (χ0) is 38.5. The van der Waals surface area contributed by atoms with Gasteiger partial charge in [0.25, 0.3) is 11.6 Å². The van der Waals surface area contributed by atoms with Crippen molar-refractivity contribution in [2.75, 3.05) is 16.4 Å². The number of amides is 2. The van der Waals surface area contributed by atoms with E-state index >= 15 is 0 Å². The number of hydrogen-bond acceptors (Lipinski definition) is 11. The Labute approximate surface area is 312 Å². The van der Waals surface area contributed by atoms with E-state index in [9.17, 15) is 34.4 Å². The number of benzene rings is 3. The maximum absolute atomic E-state index is 14.9. The molecule has 3 aliphatic heterocycles. The second-order valence-corrected chi connectivity index (χ2v) is 18.7. The minimum atomic E-state index is -3.04. The minimum absolute atomic E-state index is 0.0978. The Bertz CT molecular complexity index is 2090. The van der Waals surface area contributed by atoms with Crippen LogP contribution in [0.5, 0.6) is 0 Å². The lowest BCUT2D eigenvalue weighted by molar-refractivity contribution is -0.385. The van der Waals surface area contributed by atoms with Gasteiger partial charge in [0.15, 0.2) is 20.1 Å². The van der Waals surface area contributed by atoms with E-state index in [0.29, 0.717) is 35.6 Å². The Morgan fingerprint density at radius 1 is 1.13 bits per heavy atom. The molecule has 1 aromatic heterocycles. The van der Waals surface area contributed by atoms with E-state index in [1.54, 1.807) is 46.1 Å². The summed E-state index contributed by atoms with van der Waals surface area (Å²) in [7, 11) is -3.04. The summed E-state index contributed by atoms with van der Waals surface area (Å²) in [6.07, 6.45) is 0.966. The van der Waals surface area contributed by atoms with Crippen molar-refractivity contribution >= 4 is 43.2 Å². The fourth-order valence-corrected chi connectivity index (χ4v) is 11.0. The number of carbonyl (C=O) groups is 3. The van der Waals surface area contributed by atoms with E-state index in [2.05, 4.69) is 10.3 Å². The van der Waals surface area contributed by atoms with Crippen molar-refractivity contribution in [1.82, 2.24) is 15.0 Å². The molecule has 3 aliphatic rings. The molecule has 6 atom stereocenters. The summed E-state index contributed by atoms with van der Waals surface area (Å²) < 4.78 is 13.8. The van der Waals surface area contributed by atoms with E-state index in [0.717, 1.165) is 11.1 Å². The maximum Gasteiger partial charge on any atom is 0.304 e. The summed E-state index contributed by atoms with van der Waals surface area (Å²) in [5, 5.41) is 30.8.